The Labute approximate surface area is 168 Å². The molecule has 1 aromatic rings. The number of sulfonamides is 2. The van der Waals surface area contributed by atoms with Gasteiger partial charge in [-0.25, -0.2) is 21.6 Å². The van der Waals surface area contributed by atoms with Gasteiger partial charge in [0.15, 0.2) is 0 Å². The van der Waals surface area contributed by atoms with E-state index in [0.717, 1.165) is 6.26 Å². The van der Waals surface area contributed by atoms with E-state index in [1.54, 1.807) is 37.8 Å². The molecule has 0 spiro atoms. The maximum absolute atomic E-state index is 12.9. The summed E-state index contributed by atoms with van der Waals surface area (Å²) in [5.74, 6) is -0.242. The quantitative estimate of drug-likeness (QED) is 0.698. The number of carbonyl (C=O) groups excluding carboxylic acids is 1. The topological polar surface area (TPSA) is 104 Å². The second kappa shape index (κ2) is 8.89. The van der Waals surface area contributed by atoms with Gasteiger partial charge in [0.05, 0.1) is 11.2 Å². The molecule has 0 aliphatic carbocycles. The van der Waals surface area contributed by atoms with Gasteiger partial charge in [-0.3, -0.25) is 4.79 Å². The summed E-state index contributed by atoms with van der Waals surface area (Å²) in [6.45, 7) is 6.82. The average Bonchev–Trinajstić information content (AvgIpc) is 2.61. The minimum absolute atomic E-state index is 0.149. The lowest BCUT2D eigenvalue weighted by molar-refractivity contribution is 0.0711. The highest BCUT2D eigenvalue weighted by atomic mass is 32.2. The predicted octanol–water partition coefficient (Wildman–Crippen LogP) is 1.18. The normalized spacial score (nSPS) is 16.5. The summed E-state index contributed by atoms with van der Waals surface area (Å²) < 4.78 is 52.4. The largest absolute Gasteiger partial charge is 0.339 e. The average molecular weight is 432 g/mol. The van der Waals surface area contributed by atoms with E-state index in [0.29, 0.717) is 50.1 Å². The Kier molecular flexibility index (Phi) is 7.24. The summed E-state index contributed by atoms with van der Waals surface area (Å²) in [5.41, 5.74) is 0.922. The smallest absolute Gasteiger partial charge is 0.253 e. The SMILES string of the molecule is CCN(CC)S(=O)(=O)c1cc(C(=O)N2CCC(NS(C)(=O)=O)CC2)ccc1C. The molecular formula is C18H29N3O5S2. The van der Waals surface area contributed by atoms with Crippen molar-refractivity contribution in [2.45, 2.75) is 44.6 Å². The van der Waals surface area contributed by atoms with Crippen LogP contribution < -0.4 is 4.72 Å². The van der Waals surface area contributed by atoms with Crippen LogP contribution in [0.4, 0.5) is 0 Å². The number of likely N-dealkylation sites (tertiary alicyclic amines) is 1. The molecule has 158 valence electrons. The molecule has 1 N–H and O–H groups in total. The number of nitrogens with one attached hydrogen (secondary N) is 1. The van der Waals surface area contributed by atoms with E-state index < -0.39 is 20.0 Å². The van der Waals surface area contributed by atoms with Crippen LogP contribution in [-0.4, -0.2) is 70.4 Å². The Morgan fingerprint density at radius 3 is 2.21 bits per heavy atom. The van der Waals surface area contributed by atoms with E-state index in [-0.39, 0.29) is 16.8 Å². The third-order valence-electron chi connectivity index (χ3n) is 4.92. The van der Waals surface area contributed by atoms with Gasteiger partial charge >= 0.3 is 0 Å². The van der Waals surface area contributed by atoms with Crippen LogP contribution >= 0.6 is 0 Å². The molecule has 0 radical (unpaired) electrons. The molecule has 1 fully saturated rings. The predicted molar refractivity (Wildman–Crippen MR) is 108 cm³/mol. The molecule has 10 heteroatoms. The summed E-state index contributed by atoms with van der Waals surface area (Å²) in [4.78, 5) is 14.7. The third kappa shape index (κ3) is 5.31. The Hall–Kier alpha value is -1.49. The van der Waals surface area contributed by atoms with Crippen LogP contribution in [0.1, 0.15) is 42.6 Å². The maximum atomic E-state index is 12.9. The first-order valence-electron chi connectivity index (χ1n) is 9.37. The fourth-order valence-electron chi connectivity index (χ4n) is 3.40. The maximum Gasteiger partial charge on any atom is 0.253 e. The summed E-state index contributed by atoms with van der Waals surface area (Å²) >= 11 is 0. The lowest BCUT2D eigenvalue weighted by Gasteiger charge is -2.32. The summed E-state index contributed by atoms with van der Waals surface area (Å²) in [7, 11) is -6.94. The Morgan fingerprint density at radius 2 is 1.71 bits per heavy atom. The van der Waals surface area contributed by atoms with Crippen molar-refractivity contribution < 1.29 is 21.6 Å². The van der Waals surface area contributed by atoms with E-state index in [2.05, 4.69) is 4.72 Å². The third-order valence-corrected chi connectivity index (χ3v) is 7.87. The Morgan fingerprint density at radius 1 is 1.14 bits per heavy atom. The zero-order valence-electron chi connectivity index (χ0n) is 16.8. The first kappa shape index (κ1) is 22.8. The van der Waals surface area contributed by atoms with E-state index in [4.69, 9.17) is 0 Å². The molecule has 28 heavy (non-hydrogen) atoms. The number of hydrogen-bond acceptors (Lipinski definition) is 5. The molecule has 1 amide bonds. The van der Waals surface area contributed by atoms with E-state index in [9.17, 15) is 21.6 Å². The number of carbonyl (C=O) groups is 1. The molecule has 0 bridgehead atoms. The monoisotopic (exact) mass is 431 g/mol. The second-order valence-corrected chi connectivity index (χ2v) is 10.7. The zero-order chi connectivity index (χ0) is 21.1. The summed E-state index contributed by atoms with van der Waals surface area (Å²) in [6, 6.07) is 4.56. The van der Waals surface area contributed by atoms with Crippen molar-refractivity contribution in [3.05, 3.63) is 29.3 Å². The highest BCUT2D eigenvalue weighted by Crippen LogP contribution is 2.23. The first-order chi connectivity index (χ1) is 13.0. The molecule has 1 aliphatic rings. The van der Waals surface area contributed by atoms with Crippen LogP contribution in [0.5, 0.6) is 0 Å². The van der Waals surface area contributed by atoms with Gasteiger partial charge in [0.1, 0.15) is 0 Å². The van der Waals surface area contributed by atoms with Gasteiger partial charge in [-0.05, 0) is 37.5 Å². The van der Waals surface area contributed by atoms with E-state index in [1.165, 1.54) is 10.4 Å². The Bertz CT molecular complexity index is 917. The van der Waals surface area contributed by atoms with Crippen LogP contribution in [0.3, 0.4) is 0 Å². The van der Waals surface area contributed by atoms with Gasteiger partial charge in [-0.15, -0.1) is 0 Å². The van der Waals surface area contributed by atoms with Gasteiger partial charge < -0.3 is 4.90 Å². The standard InChI is InChI=1S/C18H29N3O5S2/c1-5-21(6-2)28(25,26)17-13-15(8-7-14(17)3)18(22)20-11-9-16(10-12-20)19-27(4,23)24/h7-8,13,16,19H,5-6,9-12H2,1-4H3. The van der Waals surface area contributed by atoms with Gasteiger partial charge in [0.25, 0.3) is 5.91 Å². The molecule has 1 aliphatic heterocycles. The molecular weight excluding hydrogens is 402 g/mol. The minimum atomic E-state index is -3.66. The first-order valence-corrected chi connectivity index (χ1v) is 12.7. The number of amides is 1. The Balaban J connectivity index is 2.20. The van der Waals surface area contributed by atoms with E-state index in [1.807, 2.05) is 0 Å². The lowest BCUT2D eigenvalue weighted by Crippen LogP contribution is -2.46. The van der Waals surface area contributed by atoms with Gasteiger partial charge in [-0.1, -0.05) is 19.9 Å². The number of hydrogen-bond donors (Lipinski definition) is 1. The molecule has 1 aromatic carbocycles. The number of rotatable bonds is 7. The van der Waals surface area contributed by atoms with Crippen LogP contribution in [0.15, 0.2) is 23.1 Å². The highest BCUT2D eigenvalue weighted by molar-refractivity contribution is 7.89. The lowest BCUT2D eigenvalue weighted by atomic mass is 10.0. The van der Waals surface area contributed by atoms with Crippen LogP contribution in [-0.2, 0) is 20.0 Å². The van der Waals surface area contributed by atoms with Crippen molar-refractivity contribution >= 4 is 26.0 Å². The number of benzene rings is 1. The van der Waals surface area contributed by atoms with Crippen molar-refractivity contribution in [2.24, 2.45) is 0 Å². The van der Waals surface area contributed by atoms with Crippen LogP contribution in [0.2, 0.25) is 0 Å². The molecule has 1 saturated heterocycles. The van der Waals surface area contributed by atoms with Gasteiger partial charge in [0, 0.05) is 37.8 Å². The van der Waals surface area contributed by atoms with Crippen molar-refractivity contribution in [3.63, 3.8) is 0 Å². The number of aryl methyl sites for hydroxylation is 1. The second-order valence-electron chi connectivity index (χ2n) is 7.03. The van der Waals surface area contributed by atoms with Gasteiger partial charge in [0.2, 0.25) is 20.0 Å². The number of nitrogens with zero attached hydrogens (tertiary/aromatic N) is 2. The molecule has 0 saturated carbocycles. The molecule has 0 aromatic heterocycles. The van der Waals surface area contributed by atoms with Crippen molar-refractivity contribution in [1.82, 2.24) is 13.9 Å². The molecule has 1 heterocycles. The van der Waals surface area contributed by atoms with Gasteiger partial charge in [-0.2, -0.15) is 4.31 Å². The highest BCUT2D eigenvalue weighted by Gasteiger charge is 2.28. The molecule has 2 rings (SSSR count). The molecule has 0 unspecified atom stereocenters. The van der Waals surface area contributed by atoms with Crippen molar-refractivity contribution in [1.29, 1.82) is 0 Å². The van der Waals surface area contributed by atoms with Crippen LogP contribution in [0.25, 0.3) is 0 Å². The molecule has 8 nitrogen and oxygen atoms in total. The van der Waals surface area contributed by atoms with Crippen molar-refractivity contribution in [2.75, 3.05) is 32.4 Å². The minimum Gasteiger partial charge on any atom is -0.339 e. The fraction of sp³-hybridized carbons (Fsp3) is 0.611. The van der Waals surface area contributed by atoms with E-state index >= 15 is 0 Å². The fourth-order valence-corrected chi connectivity index (χ4v) is 5.95. The van der Waals surface area contributed by atoms with Crippen LogP contribution in [0, 0.1) is 6.92 Å². The number of piperidine rings is 1. The summed E-state index contributed by atoms with van der Waals surface area (Å²) in [5, 5.41) is 0. The summed E-state index contributed by atoms with van der Waals surface area (Å²) in [6.07, 6.45) is 2.17. The zero-order valence-corrected chi connectivity index (χ0v) is 18.4. The van der Waals surface area contributed by atoms with Crippen molar-refractivity contribution in [3.8, 4) is 0 Å². The molecule has 0 atom stereocenters.